The van der Waals surface area contributed by atoms with Crippen molar-refractivity contribution in [2.24, 2.45) is 0 Å². The van der Waals surface area contributed by atoms with E-state index in [4.69, 9.17) is 4.52 Å². The van der Waals surface area contributed by atoms with Gasteiger partial charge in [-0.25, -0.2) is 0 Å². The number of benzene rings is 2. The highest BCUT2D eigenvalue weighted by Crippen LogP contribution is 2.49. The Labute approximate surface area is 153 Å². The summed E-state index contributed by atoms with van der Waals surface area (Å²) in [6, 6.07) is 15.9. The van der Waals surface area contributed by atoms with E-state index < -0.39 is 23.1 Å². The molecular formula is C20H15F3N2O2. The zero-order chi connectivity index (χ0) is 19.1. The molecule has 1 aliphatic rings. The van der Waals surface area contributed by atoms with Crippen LogP contribution >= 0.6 is 0 Å². The van der Waals surface area contributed by atoms with Gasteiger partial charge in [0.1, 0.15) is 0 Å². The van der Waals surface area contributed by atoms with Gasteiger partial charge in [0.25, 0.3) is 0 Å². The van der Waals surface area contributed by atoms with Gasteiger partial charge in [0.2, 0.25) is 5.91 Å². The molecule has 1 saturated carbocycles. The maximum Gasteiger partial charge on any atom is 0.418 e. The lowest BCUT2D eigenvalue weighted by Gasteiger charge is -2.16. The molecule has 3 aromatic rings. The molecule has 0 aliphatic heterocycles. The Morgan fingerprint density at radius 1 is 1.04 bits per heavy atom. The number of hydrogen-bond acceptors (Lipinski definition) is 3. The molecule has 0 spiro atoms. The Kier molecular flexibility index (Phi) is 4.02. The lowest BCUT2D eigenvalue weighted by atomic mass is 9.99. The minimum absolute atomic E-state index is 0.256. The van der Waals surface area contributed by atoms with Gasteiger partial charge in [0.05, 0.1) is 22.4 Å². The van der Waals surface area contributed by atoms with Crippen LogP contribution in [0.1, 0.15) is 24.1 Å². The van der Waals surface area contributed by atoms with Gasteiger partial charge < -0.3 is 9.84 Å². The molecule has 0 saturated heterocycles. The third-order valence-corrected chi connectivity index (χ3v) is 4.72. The zero-order valence-corrected chi connectivity index (χ0v) is 14.1. The van der Waals surface area contributed by atoms with Crippen LogP contribution in [0.5, 0.6) is 0 Å². The van der Waals surface area contributed by atoms with Crippen molar-refractivity contribution in [1.29, 1.82) is 0 Å². The van der Waals surface area contributed by atoms with Gasteiger partial charge in [-0.05, 0) is 25.0 Å². The summed E-state index contributed by atoms with van der Waals surface area (Å²) in [5, 5.41) is 6.43. The number of carbonyl (C=O) groups is 1. The van der Waals surface area contributed by atoms with E-state index in [2.05, 4.69) is 10.5 Å². The first kappa shape index (κ1) is 17.3. The van der Waals surface area contributed by atoms with Crippen molar-refractivity contribution < 1.29 is 22.5 Å². The number of hydrogen-bond donors (Lipinski definition) is 1. The van der Waals surface area contributed by atoms with Crippen molar-refractivity contribution in [3.63, 3.8) is 0 Å². The van der Waals surface area contributed by atoms with Crippen LogP contribution in [-0.4, -0.2) is 11.1 Å². The summed E-state index contributed by atoms with van der Waals surface area (Å²) >= 11 is 0. The molecule has 7 heteroatoms. The first-order valence-corrected chi connectivity index (χ1v) is 8.40. The highest BCUT2D eigenvalue weighted by molar-refractivity contribution is 6.01. The van der Waals surface area contributed by atoms with Crippen molar-refractivity contribution in [3.05, 3.63) is 71.9 Å². The van der Waals surface area contributed by atoms with Crippen molar-refractivity contribution in [3.8, 4) is 11.3 Å². The quantitative estimate of drug-likeness (QED) is 0.699. The molecule has 1 amide bonds. The Bertz CT molecular complexity index is 976. The average molecular weight is 372 g/mol. The van der Waals surface area contributed by atoms with Gasteiger partial charge >= 0.3 is 6.18 Å². The second-order valence-electron chi connectivity index (χ2n) is 6.52. The highest BCUT2D eigenvalue weighted by atomic mass is 19.4. The maximum atomic E-state index is 13.1. The van der Waals surface area contributed by atoms with Gasteiger partial charge in [-0.2, -0.15) is 13.2 Å². The lowest BCUT2D eigenvalue weighted by molar-refractivity contribution is -0.137. The molecule has 2 aromatic carbocycles. The van der Waals surface area contributed by atoms with Crippen LogP contribution in [0.4, 0.5) is 18.9 Å². The van der Waals surface area contributed by atoms with Gasteiger partial charge in [0.15, 0.2) is 5.76 Å². The second-order valence-corrected chi connectivity index (χ2v) is 6.52. The van der Waals surface area contributed by atoms with Gasteiger partial charge in [-0.3, -0.25) is 4.79 Å². The van der Waals surface area contributed by atoms with Crippen LogP contribution in [-0.2, 0) is 16.4 Å². The molecule has 1 N–H and O–H groups in total. The monoisotopic (exact) mass is 372 g/mol. The molecule has 0 radical (unpaired) electrons. The van der Waals surface area contributed by atoms with Crippen LogP contribution in [0.25, 0.3) is 11.3 Å². The van der Waals surface area contributed by atoms with E-state index in [0.29, 0.717) is 24.3 Å². The van der Waals surface area contributed by atoms with Crippen molar-refractivity contribution in [1.82, 2.24) is 5.16 Å². The summed E-state index contributed by atoms with van der Waals surface area (Å²) < 4.78 is 44.8. The molecule has 1 heterocycles. The summed E-state index contributed by atoms with van der Waals surface area (Å²) in [5.74, 6) is 0.00692. The summed E-state index contributed by atoms with van der Waals surface area (Å²) in [7, 11) is 0. The number of nitrogens with one attached hydrogen (secondary N) is 1. The second kappa shape index (κ2) is 6.26. The predicted octanol–water partition coefficient (Wildman–Crippen LogP) is 5.03. The SMILES string of the molecule is O=C(Nc1ccccc1C(F)(F)F)C1(c2cc(-c3ccccc3)on2)CC1. The van der Waals surface area contributed by atoms with Crippen LogP contribution in [0.3, 0.4) is 0 Å². The van der Waals surface area contributed by atoms with Crippen LogP contribution < -0.4 is 5.32 Å². The predicted molar refractivity (Wildman–Crippen MR) is 92.9 cm³/mol. The smallest absolute Gasteiger partial charge is 0.356 e. The summed E-state index contributed by atoms with van der Waals surface area (Å²) in [4.78, 5) is 12.8. The van der Waals surface area contributed by atoms with E-state index in [0.717, 1.165) is 11.6 Å². The van der Waals surface area contributed by atoms with E-state index in [-0.39, 0.29) is 5.69 Å². The fourth-order valence-electron chi connectivity index (χ4n) is 3.04. The number of nitrogens with zero attached hydrogens (tertiary/aromatic N) is 1. The van der Waals surface area contributed by atoms with Crippen molar-refractivity contribution >= 4 is 11.6 Å². The fraction of sp³-hybridized carbons (Fsp3) is 0.200. The van der Waals surface area contributed by atoms with Crippen molar-refractivity contribution in [2.45, 2.75) is 24.4 Å². The maximum absolute atomic E-state index is 13.1. The fourth-order valence-corrected chi connectivity index (χ4v) is 3.04. The van der Waals surface area contributed by atoms with E-state index in [1.54, 1.807) is 6.07 Å². The number of aromatic nitrogens is 1. The van der Waals surface area contributed by atoms with Crippen LogP contribution in [0, 0.1) is 0 Å². The van der Waals surface area contributed by atoms with Gasteiger partial charge in [0, 0.05) is 11.6 Å². The highest BCUT2D eigenvalue weighted by Gasteiger charge is 2.54. The number of amides is 1. The lowest BCUT2D eigenvalue weighted by Crippen LogP contribution is -2.29. The Morgan fingerprint density at radius 2 is 1.70 bits per heavy atom. The average Bonchev–Trinajstić information content (AvgIpc) is 3.32. The minimum atomic E-state index is -4.55. The Hall–Kier alpha value is -3.09. The van der Waals surface area contributed by atoms with Crippen LogP contribution in [0.15, 0.2) is 65.2 Å². The number of rotatable bonds is 4. The molecule has 0 unspecified atom stereocenters. The zero-order valence-electron chi connectivity index (χ0n) is 14.1. The van der Waals surface area contributed by atoms with E-state index >= 15 is 0 Å². The topological polar surface area (TPSA) is 55.1 Å². The number of para-hydroxylation sites is 1. The number of alkyl halides is 3. The van der Waals surface area contributed by atoms with E-state index in [1.165, 1.54) is 18.2 Å². The number of anilines is 1. The molecule has 1 aromatic heterocycles. The largest absolute Gasteiger partial charge is 0.418 e. The van der Waals surface area contributed by atoms with Crippen LogP contribution in [0.2, 0.25) is 0 Å². The van der Waals surface area contributed by atoms with Gasteiger partial charge in [-0.15, -0.1) is 0 Å². The molecule has 0 bridgehead atoms. The molecule has 4 nitrogen and oxygen atoms in total. The number of halogens is 3. The first-order valence-electron chi connectivity index (χ1n) is 8.40. The molecule has 138 valence electrons. The first-order chi connectivity index (χ1) is 12.9. The van der Waals surface area contributed by atoms with Crippen molar-refractivity contribution in [2.75, 3.05) is 5.32 Å². The molecule has 1 fully saturated rings. The third kappa shape index (κ3) is 3.20. The Morgan fingerprint density at radius 3 is 2.37 bits per heavy atom. The molecule has 4 rings (SSSR count). The summed E-state index contributed by atoms with van der Waals surface area (Å²) in [5.41, 5.74) is -0.833. The summed E-state index contributed by atoms with van der Waals surface area (Å²) in [6.07, 6.45) is -3.53. The normalized spacial score (nSPS) is 15.4. The molecular weight excluding hydrogens is 357 g/mol. The number of carbonyl (C=O) groups excluding carboxylic acids is 1. The molecule has 0 atom stereocenters. The van der Waals surface area contributed by atoms with E-state index in [9.17, 15) is 18.0 Å². The minimum Gasteiger partial charge on any atom is -0.356 e. The molecule has 27 heavy (non-hydrogen) atoms. The standard InChI is InChI=1S/C20H15F3N2O2/c21-20(22,23)14-8-4-5-9-15(14)24-18(26)19(10-11-19)17-12-16(27-25-17)13-6-2-1-3-7-13/h1-9,12H,10-11H2,(H,24,26). The Balaban J connectivity index is 1.59. The van der Waals surface area contributed by atoms with Gasteiger partial charge in [-0.1, -0.05) is 47.6 Å². The third-order valence-electron chi connectivity index (χ3n) is 4.72. The molecule has 1 aliphatic carbocycles. The summed E-state index contributed by atoms with van der Waals surface area (Å²) in [6.45, 7) is 0. The van der Waals surface area contributed by atoms with E-state index in [1.807, 2.05) is 30.3 Å².